The first-order valence-electron chi connectivity index (χ1n) is 5.02. The molecular weight excluding hydrogens is 192 g/mol. The summed E-state index contributed by atoms with van der Waals surface area (Å²) in [6, 6.07) is 9.50. The lowest BCUT2D eigenvalue weighted by Gasteiger charge is -2.29. The van der Waals surface area contributed by atoms with E-state index in [2.05, 4.69) is 0 Å². The van der Waals surface area contributed by atoms with Crippen molar-refractivity contribution in [2.75, 3.05) is 0 Å². The molecule has 1 aromatic rings. The maximum Gasteiger partial charge on any atom is 0.316 e. The van der Waals surface area contributed by atoms with E-state index in [1.807, 2.05) is 30.3 Å². The second kappa shape index (κ2) is 4.45. The lowest BCUT2D eigenvalue weighted by atomic mass is 9.82. The topological polar surface area (TPSA) is 46.5 Å². The SMILES string of the molecule is O=C(OCc1ccccc1)[C]1CCC1O. The molecule has 1 saturated carbocycles. The first kappa shape index (κ1) is 10.2. The fourth-order valence-corrected chi connectivity index (χ4v) is 1.47. The maximum atomic E-state index is 11.4. The standard InChI is InChI=1S/C12H13O3/c13-11-7-6-10(11)12(14)15-8-9-4-2-1-3-5-9/h1-5,11,13H,6-8H2. The molecule has 1 aliphatic rings. The van der Waals surface area contributed by atoms with Crippen molar-refractivity contribution in [1.82, 2.24) is 0 Å². The Hall–Kier alpha value is -1.35. The molecule has 1 aromatic carbocycles. The van der Waals surface area contributed by atoms with Gasteiger partial charge in [0.25, 0.3) is 0 Å². The highest BCUT2D eigenvalue weighted by Crippen LogP contribution is 2.30. The third-order valence-electron chi connectivity index (χ3n) is 2.56. The lowest BCUT2D eigenvalue weighted by Crippen LogP contribution is -2.36. The van der Waals surface area contributed by atoms with Crippen LogP contribution in [0.3, 0.4) is 0 Å². The molecule has 0 aromatic heterocycles. The molecule has 1 atom stereocenters. The van der Waals surface area contributed by atoms with Gasteiger partial charge in [0.2, 0.25) is 0 Å². The fraction of sp³-hybridized carbons (Fsp3) is 0.333. The van der Waals surface area contributed by atoms with E-state index in [0.29, 0.717) is 18.8 Å². The third-order valence-corrected chi connectivity index (χ3v) is 2.56. The lowest BCUT2D eigenvalue weighted by molar-refractivity contribution is -0.146. The van der Waals surface area contributed by atoms with Crippen LogP contribution in [0.15, 0.2) is 30.3 Å². The van der Waals surface area contributed by atoms with Gasteiger partial charge in [0.15, 0.2) is 0 Å². The Balaban J connectivity index is 1.81. The third kappa shape index (κ3) is 2.36. The van der Waals surface area contributed by atoms with Crippen molar-refractivity contribution in [2.24, 2.45) is 0 Å². The van der Waals surface area contributed by atoms with Crippen LogP contribution in [-0.4, -0.2) is 17.2 Å². The summed E-state index contributed by atoms with van der Waals surface area (Å²) in [5, 5.41) is 9.24. The second-order valence-corrected chi connectivity index (χ2v) is 3.64. The summed E-state index contributed by atoms with van der Waals surface area (Å²) in [7, 11) is 0. The predicted octanol–water partition coefficient (Wildman–Crippen LogP) is 1.46. The van der Waals surface area contributed by atoms with Crippen molar-refractivity contribution in [1.29, 1.82) is 0 Å². The van der Waals surface area contributed by atoms with E-state index in [1.54, 1.807) is 0 Å². The van der Waals surface area contributed by atoms with E-state index < -0.39 is 6.10 Å². The molecule has 0 heterocycles. The van der Waals surface area contributed by atoms with Crippen LogP contribution in [0.5, 0.6) is 0 Å². The van der Waals surface area contributed by atoms with E-state index in [-0.39, 0.29) is 12.6 Å². The summed E-state index contributed by atoms with van der Waals surface area (Å²) in [5.41, 5.74) is 0.959. The second-order valence-electron chi connectivity index (χ2n) is 3.64. The van der Waals surface area contributed by atoms with Crippen molar-refractivity contribution in [3.8, 4) is 0 Å². The van der Waals surface area contributed by atoms with E-state index >= 15 is 0 Å². The van der Waals surface area contributed by atoms with Crippen LogP contribution in [0.4, 0.5) is 0 Å². The summed E-state index contributed by atoms with van der Waals surface area (Å²) < 4.78 is 5.07. The molecule has 79 valence electrons. The molecule has 0 saturated heterocycles. The zero-order valence-electron chi connectivity index (χ0n) is 8.35. The van der Waals surface area contributed by atoms with E-state index in [4.69, 9.17) is 4.74 Å². The van der Waals surface area contributed by atoms with Crippen LogP contribution < -0.4 is 0 Å². The number of esters is 1. The van der Waals surface area contributed by atoms with E-state index in [0.717, 1.165) is 5.56 Å². The Morgan fingerprint density at radius 2 is 2.13 bits per heavy atom. The first-order chi connectivity index (χ1) is 7.27. The summed E-state index contributed by atoms with van der Waals surface area (Å²) in [4.78, 5) is 11.4. The predicted molar refractivity (Wildman–Crippen MR) is 54.7 cm³/mol. The van der Waals surface area contributed by atoms with Gasteiger partial charge in [-0.05, 0) is 18.4 Å². The van der Waals surface area contributed by atoms with Gasteiger partial charge in [-0.1, -0.05) is 30.3 Å². The number of aliphatic hydroxyl groups excluding tert-OH is 1. The minimum atomic E-state index is -0.576. The number of carbonyl (C=O) groups excluding carboxylic acids is 1. The molecule has 1 aliphatic carbocycles. The van der Waals surface area contributed by atoms with Crippen molar-refractivity contribution < 1.29 is 14.6 Å². The number of hydrogen-bond acceptors (Lipinski definition) is 3. The van der Waals surface area contributed by atoms with E-state index in [1.165, 1.54) is 0 Å². The summed E-state index contributed by atoms with van der Waals surface area (Å²) in [5.74, 6) is 0.142. The smallest absolute Gasteiger partial charge is 0.316 e. The zero-order chi connectivity index (χ0) is 10.7. The van der Waals surface area contributed by atoms with Gasteiger partial charge < -0.3 is 9.84 Å². The zero-order valence-corrected chi connectivity index (χ0v) is 8.35. The first-order valence-corrected chi connectivity index (χ1v) is 5.02. The van der Waals surface area contributed by atoms with Crippen molar-refractivity contribution >= 4 is 5.97 Å². The molecule has 0 aliphatic heterocycles. The number of hydrogen-bond donors (Lipinski definition) is 1. The average molecular weight is 205 g/mol. The minimum absolute atomic E-state index is 0.274. The van der Waals surface area contributed by atoms with E-state index in [9.17, 15) is 9.90 Å². The van der Waals surface area contributed by atoms with Gasteiger partial charge >= 0.3 is 5.97 Å². The highest BCUT2D eigenvalue weighted by atomic mass is 16.5. The van der Waals surface area contributed by atoms with Crippen LogP contribution >= 0.6 is 0 Å². The molecular formula is C12H13O3. The molecule has 2 rings (SSSR count). The van der Waals surface area contributed by atoms with Crippen molar-refractivity contribution in [3.63, 3.8) is 0 Å². The van der Waals surface area contributed by atoms with Crippen molar-refractivity contribution in [2.45, 2.75) is 25.6 Å². The van der Waals surface area contributed by atoms with Crippen LogP contribution in [0.25, 0.3) is 0 Å². The Kier molecular flexibility index (Phi) is 3.02. The largest absolute Gasteiger partial charge is 0.460 e. The van der Waals surface area contributed by atoms with Crippen LogP contribution in [0.2, 0.25) is 0 Å². The molecule has 0 bridgehead atoms. The quantitative estimate of drug-likeness (QED) is 0.760. The fourth-order valence-electron chi connectivity index (χ4n) is 1.47. The number of ether oxygens (including phenoxy) is 1. The van der Waals surface area contributed by atoms with Crippen LogP contribution in [0, 0.1) is 5.92 Å². The minimum Gasteiger partial charge on any atom is -0.460 e. The summed E-state index contributed by atoms with van der Waals surface area (Å²) in [6.45, 7) is 0.274. The number of rotatable bonds is 3. The van der Waals surface area contributed by atoms with Gasteiger partial charge in [0.1, 0.15) is 12.5 Å². The van der Waals surface area contributed by atoms with Crippen molar-refractivity contribution in [3.05, 3.63) is 41.8 Å². The molecule has 3 nitrogen and oxygen atoms in total. The maximum absolute atomic E-state index is 11.4. The highest BCUT2D eigenvalue weighted by Gasteiger charge is 2.37. The molecule has 0 spiro atoms. The average Bonchev–Trinajstić information content (AvgIpc) is 2.26. The Bertz CT molecular complexity index is 334. The number of benzene rings is 1. The molecule has 15 heavy (non-hydrogen) atoms. The number of aliphatic hydroxyl groups is 1. The van der Waals surface area contributed by atoms with Gasteiger partial charge in [-0.3, -0.25) is 4.79 Å². The molecule has 1 unspecified atom stereocenters. The molecule has 0 amide bonds. The van der Waals surface area contributed by atoms with Gasteiger partial charge in [0.05, 0.1) is 6.10 Å². The monoisotopic (exact) mass is 205 g/mol. The van der Waals surface area contributed by atoms with Gasteiger partial charge in [-0.25, -0.2) is 0 Å². The van der Waals surface area contributed by atoms with Gasteiger partial charge in [-0.2, -0.15) is 0 Å². The van der Waals surface area contributed by atoms with Gasteiger partial charge in [0, 0.05) is 0 Å². The Morgan fingerprint density at radius 3 is 2.67 bits per heavy atom. The van der Waals surface area contributed by atoms with Gasteiger partial charge in [-0.15, -0.1) is 0 Å². The number of carbonyl (C=O) groups is 1. The summed E-state index contributed by atoms with van der Waals surface area (Å²) in [6.07, 6.45) is 0.762. The van der Waals surface area contributed by atoms with Crippen LogP contribution in [-0.2, 0) is 16.1 Å². The molecule has 1 radical (unpaired) electrons. The molecule has 1 fully saturated rings. The summed E-state index contributed by atoms with van der Waals surface area (Å²) >= 11 is 0. The molecule has 3 heteroatoms. The Labute approximate surface area is 88.7 Å². The Morgan fingerprint density at radius 1 is 1.40 bits per heavy atom. The normalized spacial score (nSPS) is 20.7. The van der Waals surface area contributed by atoms with Crippen LogP contribution in [0.1, 0.15) is 18.4 Å². The molecule has 1 N–H and O–H groups in total. The highest BCUT2D eigenvalue weighted by molar-refractivity contribution is 5.87.